The van der Waals surface area contributed by atoms with Crippen LogP contribution in [0, 0.1) is 0 Å². The average Bonchev–Trinajstić information content (AvgIpc) is 2.48. The molecular formula is C12H16N8. The van der Waals surface area contributed by atoms with Crippen molar-refractivity contribution < 1.29 is 0 Å². The molecule has 2 aromatic rings. The third kappa shape index (κ3) is 2.40. The van der Waals surface area contributed by atoms with Crippen LogP contribution in [0.1, 0.15) is 0 Å². The number of nitrogen functional groups attached to an aromatic ring is 2. The Hall–Kier alpha value is -2.64. The van der Waals surface area contributed by atoms with Crippen LogP contribution in [0.2, 0.25) is 0 Å². The first kappa shape index (κ1) is 12.4. The third-order valence-corrected chi connectivity index (χ3v) is 3.35. The quantitative estimate of drug-likeness (QED) is 0.770. The van der Waals surface area contributed by atoms with Gasteiger partial charge in [0.1, 0.15) is 6.33 Å². The summed E-state index contributed by atoms with van der Waals surface area (Å²) in [4.78, 5) is 20.5. The van der Waals surface area contributed by atoms with Gasteiger partial charge in [0.25, 0.3) is 0 Å². The SMILES string of the molecule is Nc1ncc(N2CCN(c3cncnc3)CC2)c(N)n1. The molecule has 0 amide bonds. The summed E-state index contributed by atoms with van der Waals surface area (Å²) in [6.45, 7) is 3.42. The molecule has 3 rings (SSSR count). The predicted octanol–water partition coefficient (Wildman–Crippen LogP) is -0.242. The van der Waals surface area contributed by atoms with Crippen molar-refractivity contribution in [3.05, 3.63) is 24.9 Å². The molecule has 1 fully saturated rings. The minimum absolute atomic E-state index is 0.200. The van der Waals surface area contributed by atoms with E-state index in [1.165, 1.54) is 6.33 Å². The Morgan fingerprint density at radius 1 is 0.900 bits per heavy atom. The van der Waals surface area contributed by atoms with Gasteiger partial charge in [0.05, 0.1) is 30.0 Å². The molecule has 0 aromatic carbocycles. The van der Waals surface area contributed by atoms with Gasteiger partial charge in [-0.05, 0) is 0 Å². The highest BCUT2D eigenvalue weighted by Crippen LogP contribution is 2.23. The zero-order valence-corrected chi connectivity index (χ0v) is 11.0. The fraction of sp³-hybridized carbons (Fsp3) is 0.333. The van der Waals surface area contributed by atoms with E-state index in [4.69, 9.17) is 11.5 Å². The van der Waals surface area contributed by atoms with Crippen molar-refractivity contribution in [2.45, 2.75) is 0 Å². The van der Waals surface area contributed by atoms with E-state index >= 15 is 0 Å². The third-order valence-electron chi connectivity index (χ3n) is 3.35. The van der Waals surface area contributed by atoms with Gasteiger partial charge in [0, 0.05) is 26.2 Å². The van der Waals surface area contributed by atoms with E-state index in [1.807, 2.05) is 12.4 Å². The van der Waals surface area contributed by atoms with Crippen molar-refractivity contribution in [1.82, 2.24) is 19.9 Å². The molecule has 104 valence electrons. The zero-order valence-electron chi connectivity index (χ0n) is 11.0. The summed E-state index contributed by atoms with van der Waals surface area (Å²) in [5.74, 6) is 0.625. The van der Waals surface area contributed by atoms with Crippen LogP contribution in [0.4, 0.5) is 23.1 Å². The van der Waals surface area contributed by atoms with Crippen molar-refractivity contribution >= 4 is 23.1 Å². The normalized spacial score (nSPS) is 15.4. The molecule has 0 saturated carbocycles. The molecule has 2 aromatic heterocycles. The smallest absolute Gasteiger partial charge is 0.222 e. The molecule has 8 heteroatoms. The maximum atomic E-state index is 5.89. The van der Waals surface area contributed by atoms with Crippen LogP contribution < -0.4 is 21.3 Å². The molecule has 0 spiro atoms. The number of piperazine rings is 1. The van der Waals surface area contributed by atoms with Crippen molar-refractivity contribution in [1.29, 1.82) is 0 Å². The second-order valence-electron chi connectivity index (χ2n) is 4.57. The monoisotopic (exact) mass is 272 g/mol. The second kappa shape index (κ2) is 5.16. The Kier molecular flexibility index (Phi) is 3.20. The van der Waals surface area contributed by atoms with Crippen LogP contribution in [0.25, 0.3) is 0 Å². The minimum Gasteiger partial charge on any atom is -0.382 e. The molecule has 0 atom stereocenters. The molecule has 0 radical (unpaired) electrons. The maximum Gasteiger partial charge on any atom is 0.222 e. The van der Waals surface area contributed by atoms with Crippen LogP contribution in [0.5, 0.6) is 0 Å². The first-order chi connectivity index (χ1) is 9.74. The molecule has 8 nitrogen and oxygen atoms in total. The van der Waals surface area contributed by atoms with Crippen LogP contribution >= 0.6 is 0 Å². The topological polar surface area (TPSA) is 110 Å². The van der Waals surface area contributed by atoms with Gasteiger partial charge in [-0.25, -0.2) is 15.0 Å². The summed E-state index contributed by atoms with van der Waals surface area (Å²) < 4.78 is 0. The van der Waals surface area contributed by atoms with E-state index in [9.17, 15) is 0 Å². The van der Waals surface area contributed by atoms with Gasteiger partial charge in [-0.15, -0.1) is 0 Å². The lowest BCUT2D eigenvalue weighted by atomic mass is 10.2. The minimum atomic E-state index is 0.200. The number of rotatable bonds is 2. The highest BCUT2D eigenvalue weighted by Gasteiger charge is 2.20. The van der Waals surface area contributed by atoms with E-state index in [1.54, 1.807) is 6.20 Å². The van der Waals surface area contributed by atoms with E-state index in [0.29, 0.717) is 5.82 Å². The fourth-order valence-corrected chi connectivity index (χ4v) is 2.31. The Morgan fingerprint density at radius 3 is 2.20 bits per heavy atom. The van der Waals surface area contributed by atoms with Gasteiger partial charge in [0.15, 0.2) is 5.82 Å². The lowest BCUT2D eigenvalue weighted by Gasteiger charge is -2.36. The van der Waals surface area contributed by atoms with Crippen molar-refractivity contribution in [2.75, 3.05) is 47.4 Å². The largest absolute Gasteiger partial charge is 0.382 e. The van der Waals surface area contributed by atoms with Gasteiger partial charge >= 0.3 is 0 Å². The summed E-state index contributed by atoms with van der Waals surface area (Å²) in [5.41, 5.74) is 13.3. The first-order valence-corrected chi connectivity index (χ1v) is 6.37. The lowest BCUT2D eigenvalue weighted by molar-refractivity contribution is 0.650. The Balaban J connectivity index is 1.69. The summed E-state index contributed by atoms with van der Waals surface area (Å²) in [7, 11) is 0. The van der Waals surface area contributed by atoms with E-state index in [0.717, 1.165) is 37.6 Å². The van der Waals surface area contributed by atoms with Gasteiger partial charge in [0.2, 0.25) is 5.95 Å². The molecule has 1 aliphatic rings. The number of hydrogen-bond acceptors (Lipinski definition) is 8. The van der Waals surface area contributed by atoms with Crippen molar-refractivity contribution in [3.8, 4) is 0 Å². The Morgan fingerprint density at radius 2 is 1.55 bits per heavy atom. The predicted molar refractivity (Wildman–Crippen MR) is 77.3 cm³/mol. The Bertz CT molecular complexity index is 579. The Labute approximate surface area is 116 Å². The molecule has 0 aliphatic carbocycles. The van der Waals surface area contributed by atoms with Crippen LogP contribution in [0.15, 0.2) is 24.9 Å². The maximum absolute atomic E-state index is 5.89. The molecule has 3 heterocycles. The summed E-state index contributed by atoms with van der Waals surface area (Å²) in [6.07, 6.45) is 6.86. The standard InChI is InChI=1S/C12H16N8/c13-11-10(7-17-12(14)18-11)20-3-1-19(2-4-20)9-5-15-8-16-6-9/h5-8H,1-4H2,(H4,13,14,17,18). The van der Waals surface area contributed by atoms with Gasteiger partial charge in [-0.2, -0.15) is 4.98 Å². The highest BCUT2D eigenvalue weighted by molar-refractivity contribution is 5.64. The number of nitrogens with zero attached hydrogens (tertiary/aromatic N) is 6. The van der Waals surface area contributed by atoms with E-state index in [-0.39, 0.29) is 5.95 Å². The molecule has 1 saturated heterocycles. The first-order valence-electron chi connectivity index (χ1n) is 6.37. The highest BCUT2D eigenvalue weighted by atomic mass is 15.3. The fourth-order valence-electron chi connectivity index (χ4n) is 2.31. The van der Waals surface area contributed by atoms with Crippen LogP contribution in [-0.2, 0) is 0 Å². The van der Waals surface area contributed by atoms with Crippen LogP contribution in [-0.4, -0.2) is 46.1 Å². The average molecular weight is 272 g/mol. The summed E-state index contributed by atoms with van der Waals surface area (Å²) >= 11 is 0. The van der Waals surface area contributed by atoms with Gasteiger partial charge in [-0.1, -0.05) is 0 Å². The molecule has 0 bridgehead atoms. The molecule has 4 N–H and O–H groups in total. The number of nitrogens with two attached hydrogens (primary N) is 2. The summed E-state index contributed by atoms with van der Waals surface area (Å²) in [6, 6.07) is 0. The molecular weight excluding hydrogens is 256 g/mol. The lowest BCUT2D eigenvalue weighted by Crippen LogP contribution is -2.47. The second-order valence-corrected chi connectivity index (χ2v) is 4.57. The number of anilines is 4. The zero-order chi connectivity index (χ0) is 13.9. The van der Waals surface area contributed by atoms with E-state index in [2.05, 4.69) is 29.7 Å². The van der Waals surface area contributed by atoms with E-state index < -0.39 is 0 Å². The van der Waals surface area contributed by atoms with Crippen LogP contribution in [0.3, 0.4) is 0 Å². The number of hydrogen-bond donors (Lipinski definition) is 2. The van der Waals surface area contributed by atoms with Gasteiger partial charge < -0.3 is 21.3 Å². The van der Waals surface area contributed by atoms with Crippen molar-refractivity contribution in [2.24, 2.45) is 0 Å². The molecule has 0 unspecified atom stereocenters. The number of aromatic nitrogens is 4. The molecule has 20 heavy (non-hydrogen) atoms. The summed E-state index contributed by atoms with van der Waals surface area (Å²) in [5, 5.41) is 0. The molecule has 1 aliphatic heterocycles. The van der Waals surface area contributed by atoms with Crippen molar-refractivity contribution in [3.63, 3.8) is 0 Å². The van der Waals surface area contributed by atoms with Gasteiger partial charge in [-0.3, -0.25) is 0 Å².